The largest absolute Gasteiger partial charge is 0.261 e. The molecule has 82 valence electrons. The van der Waals surface area contributed by atoms with E-state index in [9.17, 15) is 0 Å². The molecule has 0 bridgehead atoms. The Morgan fingerprint density at radius 3 is 2.56 bits per heavy atom. The van der Waals surface area contributed by atoms with Crippen molar-refractivity contribution in [1.82, 2.24) is 9.97 Å². The minimum absolute atomic E-state index is 0.257. The van der Waals surface area contributed by atoms with Crippen molar-refractivity contribution in [3.8, 4) is 0 Å². The summed E-state index contributed by atoms with van der Waals surface area (Å²) >= 11 is 0. The van der Waals surface area contributed by atoms with Gasteiger partial charge in [0.2, 0.25) is 0 Å². The lowest BCUT2D eigenvalue weighted by atomic mass is 10.0. The summed E-state index contributed by atoms with van der Waals surface area (Å²) in [6.07, 6.45) is 2.80. The van der Waals surface area contributed by atoms with Gasteiger partial charge in [-0.15, -0.1) is 0 Å². The number of hydrogen-bond acceptors (Lipinski definition) is 2. The van der Waals surface area contributed by atoms with Crippen LogP contribution in [0.1, 0.15) is 36.8 Å². The highest BCUT2D eigenvalue weighted by Gasteiger charge is 2.10. The van der Waals surface area contributed by atoms with Crippen LogP contribution in [0.3, 0.4) is 0 Å². The molecule has 0 radical (unpaired) electrons. The Hall–Kier alpha value is -1.70. The fraction of sp³-hybridized carbons (Fsp3) is 0.286. The molecule has 0 unspecified atom stereocenters. The Bertz CT molecular complexity index is 451. The van der Waals surface area contributed by atoms with E-state index in [2.05, 4.69) is 42.0 Å². The monoisotopic (exact) mass is 212 g/mol. The summed E-state index contributed by atoms with van der Waals surface area (Å²) in [7, 11) is 0. The zero-order valence-corrected chi connectivity index (χ0v) is 9.72. The predicted octanol–water partition coefficient (Wildman–Crippen LogP) is 3.19. The number of aryl methyl sites for hydroxylation is 1. The maximum Gasteiger partial charge on any atom is 0.0494 e. The van der Waals surface area contributed by atoms with Crippen molar-refractivity contribution in [2.45, 2.75) is 26.2 Å². The molecule has 1 atom stereocenters. The van der Waals surface area contributed by atoms with Gasteiger partial charge in [-0.1, -0.05) is 26.0 Å². The van der Waals surface area contributed by atoms with Gasteiger partial charge >= 0.3 is 0 Å². The topological polar surface area (TPSA) is 25.8 Å². The molecule has 0 fully saturated rings. The van der Waals surface area contributed by atoms with Crippen LogP contribution in [-0.2, 0) is 6.42 Å². The first kappa shape index (κ1) is 10.8. The van der Waals surface area contributed by atoms with Crippen LogP contribution < -0.4 is 0 Å². The Labute approximate surface area is 96.4 Å². The first-order valence-electron chi connectivity index (χ1n) is 5.68. The van der Waals surface area contributed by atoms with Gasteiger partial charge in [0.05, 0.1) is 0 Å². The standard InChI is InChI=1S/C14H16N2/c1-3-12-7-6-9-14(16-12)11(2)13-8-4-5-10-15-13/h4-11H,3H2,1-2H3/t11-/m1/s1. The molecule has 0 amide bonds. The molecule has 2 aromatic heterocycles. The van der Waals surface area contributed by atoms with Gasteiger partial charge in [-0.3, -0.25) is 9.97 Å². The van der Waals surface area contributed by atoms with E-state index in [1.54, 1.807) is 0 Å². The first-order valence-corrected chi connectivity index (χ1v) is 5.68. The normalized spacial score (nSPS) is 12.4. The fourth-order valence-electron chi connectivity index (χ4n) is 1.72. The van der Waals surface area contributed by atoms with Gasteiger partial charge in [-0.05, 0) is 30.7 Å². The van der Waals surface area contributed by atoms with Crippen LogP contribution >= 0.6 is 0 Å². The lowest BCUT2D eigenvalue weighted by molar-refractivity contribution is 0.817. The number of pyridine rings is 2. The van der Waals surface area contributed by atoms with E-state index in [-0.39, 0.29) is 5.92 Å². The summed E-state index contributed by atoms with van der Waals surface area (Å²) in [5.41, 5.74) is 3.31. The van der Waals surface area contributed by atoms with Crippen LogP contribution in [0.5, 0.6) is 0 Å². The zero-order valence-electron chi connectivity index (χ0n) is 9.72. The third-order valence-electron chi connectivity index (χ3n) is 2.77. The van der Waals surface area contributed by atoms with Gasteiger partial charge in [0.25, 0.3) is 0 Å². The Morgan fingerprint density at radius 2 is 1.88 bits per heavy atom. The summed E-state index contributed by atoms with van der Waals surface area (Å²) in [5.74, 6) is 0.257. The average Bonchev–Trinajstić information content (AvgIpc) is 2.39. The van der Waals surface area contributed by atoms with Crippen LogP contribution in [0.2, 0.25) is 0 Å². The second kappa shape index (κ2) is 4.88. The Morgan fingerprint density at radius 1 is 1.06 bits per heavy atom. The van der Waals surface area contributed by atoms with Crippen molar-refractivity contribution in [2.75, 3.05) is 0 Å². The van der Waals surface area contributed by atoms with Gasteiger partial charge in [-0.2, -0.15) is 0 Å². The second-order valence-corrected chi connectivity index (χ2v) is 3.88. The van der Waals surface area contributed by atoms with Crippen molar-refractivity contribution >= 4 is 0 Å². The van der Waals surface area contributed by atoms with E-state index >= 15 is 0 Å². The first-order chi connectivity index (χ1) is 7.81. The molecule has 0 aliphatic heterocycles. The summed E-state index contributed by atoms with van der Waals surface area (Å²) < 4.78 is 0. The van der Waals surface area contributed by atoms with E-state index in [1.165, 1.54) is 0 Å². The molecule has 2 heteroatoms. The van der Waals surface area contributed by atoms with E-state index in [0.717, 1.165) is 23.5 Å². The maximum absolute atomic E-state index is 4.63. The molecular weight excluding hydrogens is 196 g/mol. The smallest absolute Gasteiger partial charge is 0.0494 e. The summed E-state index contributed by atoms with van der Waals surface area (Å²) in [4.78, 5) is 9.00. The highest BCUT2D eigenvalue weighted by atomic mass is 14.7. The van der Waals surface area contributed by atoms with Crippen molar-refractivity contribution < 1.29 is 0 Å². The highest BCUT2D eigenvalue weighted by molar-refractivity contribution is 5.23. The summed E-state index contributed by atoms with van der Waals surface area (Å²) in [5, 5.41) is 0. The summed E-state index contributed by atoms with van der Waals surface area (Å²) in [6, 6.07) is 12.2. The maximum atomic E-state index is 4.63. The summed E-state index contributed by atoms with van der Waals surface area (Å²) in [6.45, 7) is 4.27. The molecule has 0 spiro atoms. The number of nitrogens with zero attached hydrogens (tertiary/aromatic N) is 2. The van der Waals surface area contributed by atoms with E-state index in [1.807, 2.05) is 24.4 Å². The Balaban J connectivity index is 2.30. The molecule has 0 saturated carbocycles. The Kier molecular flexibility index (Phi) is 3.30. The number of hydrogen-bond donors (Lipinski definition) is 0. The van der Waals surface area contributed by atoms with Gasteiger partial charge < -0.3 is 0 Å². The number of rotatable bonds is 3. The van der Waals surface area contributed by atoms with Crippen LogP contribution in [0.4, 0.5) is 0 Å². The molecular formula is C14H16N2. The lowest BCUT2D eigenvalue weighted by Gasteiger charge is -2.11. The minimum atomic E-state index is 0.257. The van der Waals surface area contributed by atoms with Crippen molar-refractivity contribution in [2.24, 2.45) is 0 Å². The average molecular weight is 212 g/mol. The van der Waals surface area contributed by atoms with E-state index in [4.69, 9.17) is 0 Å². The van der Waals surface area contributed by atoms with Gasteiger partial charge in [0.15, 0.2) is 0 Å². The van der Waals surface area contributed by atoms with Gasteiger partial charge in [0, 0.05) is 29.2 Å². The van der Waals surface area contributed by atoms with Crippen LogP contribution in [0.15, 0.2) is 42.6 Å². The van der Waals surface area contributed by atoms with Crippen LogP contribution in [0.25, 0.3) is 0 Å². The molecule has 0 N–H and O–H groups in total. The van der Waals surface area contributed by atoms with E-state index in [0.29, 0.717) is 0 Å². The lowest BCUT2D eigenvalue weighted by Crippen LogP contribution is -2.02. The molecule has 2 nitrogen and oxygen atoms in total. The van der Waals surface area contributed by atoms with Crippen molar-refractivity contribution in [3.05, 3.63) is 59.7 Å². The quantitative estimate of drug-likeness (QED) is 0.780. The fourth-order valence-corrected chi connectivity index (χ4v) is 1.72. The third-order valence-corrected chi connectivity index (χ3v) is 2.77. The molecule has 2 rings (SSSR count). The molecule has 2 heterocycles. The van der Waals surface area contributed by atoms with Crippen LogP contribution in [-0.4, -0.2) is 9.97 Å². The minimum Gasteiger partial charge on any atom is -0.261 e. The molecule has 0 saturated heterocycles. The number of aromatic nitrogens is 2. The van der Waals surface area contributed by atoms with Crippen molar-refractivity contribution in [3.63, 3.8) is 0 Å². The molecule has 16 heavy (non-hydrogen) atoms. The predicted molar refractivity (Wildman–Crippen MR) is 65.4 cm³/mol. The van der Waals surface area contributed by atoms with Gasteiger partial charge in [0.1, 0.15) is 0 Å². The molecule has 0 aliphatic carbocycles. The highest BCUT2D eigenvalue weighted by Crippen LogP contribution is 2.20. The zero-order chi connectivity index (χ0) is 11.4. The molecule has 0 aromatic carbocycles. The molecule has 2 aromatic rings. The van der Waals surface area contributed by atoms with Gasteiger partial charge in [-0.25, -0.2) is 0 Å². The van der Waals surface area contributed by atoms with Crippen LogP contribution in [0, 0.1) is 0 Å². The third kappa shape index (κ3) is 2.27. The second-order valence-electron chi connectivity index (χ2n) is 3.88. The molecule has 0 aliphatic rings. The SMILES string of the molecule is CCc1cccc([C@H](C)c2ccccn2)n1. The van der Waals surface area contributed by atoms with E-state index < -0.39 is 0 Å². The van der Waals surface area contributed by atoms with Crippen molar-refractivity contribution in [1.29, 1.82) is 0 Å².